The number of hydrogen-bond donors (Lipinski definition) is 9. The fourth-order valence-corrected chi connectivity index (χ4v) is 19.7. The number of ether oxygens (including phenoxy) is 10. The smallest absolute Gasteiger partial charge is 0.408 e. The van der Waals surface area contributed by atoms with Gasteiger partial charge in [0.1, 0.15) is 59.5 Å². The standard InChI is InChI=1S/C47H51NO14.C43H53NO14/c1-25-31(60-43(56)36(52)35(28-16-10-7-11-17-28)48-41(54)29-18-12-8-13-19-29)23-47(57)40(61-42(55)30-20-14-9-15-21-30)38-45(6,32(51)22-33-46(38,24-58-33)62-27(3)50)39(53)37(59-26(2)49)34(25)44(47,4)5;1-22-26(55-37(51)32(48)30(24-15-11-9-12-16-24)44-38(52)58-39(3,4)5)20-43(53)35(56-36(50)25-17-13-10-14-18-25)33-41(8,34(49)31(47)29(22)40(43,6)7)27(46)19-28-42(33,21-54-28)57-23(2)45/h7-21,31-33,35-38,40,51-52,57H,22-24H2,1-6H3,(H,48,54);9-18,26-28,30-33,35,46-48,53H,19-21H2,1-8H3,(H,44,52)/t31-,32-,33+,35?,36+,37+,38?,40-,45+,46-,47+;26-,27-,28+,30?,31+,32+,33?,35-,41+,42-,43+/m00/s1. The van der Waals surface area contributed by atoms with E-state index in [1.165, 1.54) is 52.0 Å². The quantitative estimate of drug-likeness (QED) is 0.0242. The van der Waals surface area contributed by atoms with Gasteiger partial charge in [0.05, 0.1) is 71.3 Å². The summed E-state index contributed by atoms with van der Waals surface area (Å²) in [5.41, 5.74) is -15.2. The second-order valence-corrected chi connectivity index (χ2v) is 34.9. The summed E-state index contributed by atoms with van der Waals surface area (Å²) in [5, 5.41) is 91.8. The Labute approximate surface area is 693 Å². The van der Waals surface area contributed by atoms with Crippen molar-refractivity contribution in [2.75, 3.05) is 13.2 Å². The highest BCUT2D eigenvalue weighted by Crippen LogP contribution is 2.67. The van der Waals surface area contributed by atoms with E-state index in [9.17, 15) is 83.7 Å². The first-order valence-corrected chi connectivity index (χ1v) is 39.8. The highest BCUT2D eigenvalue weighted by atomic mass is 16.7. The largest absolute Gasteiger partial charge is 0.456 e. The zero-order valence-corrected chi connectivity index (χ0v) is 69.1. The molecule has 8 aliphatic rings. The lowest BCUT2D eigenvalue weighted by Gasteiger charge is -2.67. The van der Waals surface area contributed by atoms with E-state index in [2.05, 4.69) is 10.6 Å². The molecule has 2 heterocycles. The molecule has 4 bridgehead atoms. The monoisotopic (exact) mass is 1660 g/mol. The van der Waals surface area contributed by atoms with Gasteiger partial charge in [-0.05, 0) is 118 Å². The lowest BCUT2D eigenvalue weighted by Crippen LogP contribution is -2.82. The van der Waals surface area contributed by atoms with Crippen LogP contribution in [0.25, 0.3) is 0 Å². The number of hydrogen-bond acceptors (Lipinski definition) is 28. The van der Waals surface area contributed by atoms with Crippen molar-refractivity contribution >= 4 is 65.4 Å². The van der Waals surface area contributed by atoms with Crippen molar-refractivity contribution in [2.24, 2.45) is 33.5 Å². The summed E-state index contributed by atoms with van der Waals surface area (Å²) in [7, 11) is 0. The first-order chi connectivity index (χ1) is 56.3. The third-order valence-corrected chi connectivity index (χ3v) is 26.0. The van der Waals surface area contributed by atoms with Crippen LogP contribution in [0.4, 0.5) is 4.79 Å². The molecule has 2 amide bonds. The van der Waals surface area contributed by atoms with Crippen LogP contribution in [0.2, 0.25) is 0 Å². The number of aliphatic hydroxyl groups is 7. The Kier molecular flexibility index (Phi) is 24.6. The minimum atomic E-state index is -2.39. The highest BCUT2D eigenvalue weighted by Gasteiger charge is 2.81. The topological polar surface area (TPSA) is 446 Å². The number of nitrogens with one attached hydrogen (secondary N) is 2. The molecule has 30 nitrogen and oxygen atoms in total. The predicted octanol–water partition coefficient (Wildman–Crippen LogP) is 7.00. The van der Waals surface area contributed by atoms with Gasteiger partial charge in [-0.3, -0.25) is 28.8 Å². The number of carbonyl (C=O) groups is 11. The molecule has 0 aromatic heterocycles. The molecule has 642 valence electrons. The third kappa shape index (κ3) is 15.5. The fourth-order valence-electron chi connectivity index (χ4n) is 19.7. The number of benzene rings is 5. The summed E-state index contributed by atoms with van der Waals surface area (Å²) in [5.74, 6) is -12.2. The van der Waals surface area contributed by atoms with Gasteiger partial charge in [-0.15, -0.1) is 0 Å². The van der Waals surface area contributed by atoms with Crippen molar-refractivity contribution in [1.82, 2.24) is 10.6 Å². The van der Waals surface area contributed by atoms with E-state index < -0.39 is 225 Å². The third-order valence-electron chi connectivity index (χ3n) is 26.0. The maximum atomic E-state index is 15.5. The Morgan fingerprint density at radius 1 is 0.475 bits per heavy atom. The Balaban J connectivity index is 0.000000221. The fraction of sp³-hybridized carbons (Fsp3) is 0.500. The van der Waals surface area contributed by atoms with Crippen LogP contribution in [0.15, 0.2) is 174 Å². The Morgan fingerprint density at radius 2 is 0.833 bits per heavy atom. The van der Waals surface area contributed by atoms with Crippen LogP contribution in [-0.4, -0.2) is 216 Å². The van der Waals surface area contributed by atoms with Crippen LogP contribution >= 0.6 is 0 Å². The van der Waals surface area contributed by atoms with Crippen LogP contribution < -0.4 is 10.6 Å². The maximum Gasteiger partial charge on any atom is 0.408 e. The van der Waals surface area contributed by atoms with Gasteiger partial charge >= 0.3 is 47.9 Å². The Hall–Kier alpha value is -10.4. The lowest BCUT2D eigenvalue weighted by molar-refractivity contribution is -0.346. The van der Waals surface area contributed by atoms with Crippen LogP contribution in [0.1, 0.15) is 177 Å². The summed E-state index contributed by atoms with van der Waals surface area (Å²) in [6.07, 6.45) is -22.0. The number of esters is 7. The number of amides is 2. The summed E-state index contributed by atoms with van der Waals surface area (Å²) < 4.78 is 59.8. The van der Waals surface area contributed by atoms with Gasteiger partial charge < -0.3 is 93.7 Å². The zero-order chi connectivity index (χ0) is 87.7. The molecule has 0 radical (unpaired) electrons. The normalized spacial score (nSPS) is 32.7. The second kappa shape index (κ2) is 33.2. The maximum absolute atomic E-state index is 15.5. The number of fused-ring (bicyclic) bond motifs is 10. The van der Waals surface area contributed by atoms with Crippen molar-refractivity contribution in [3.8, 4) is 0 Å². The molecule has 9 N–H and O–H groups in total. The first kappa shape index (κ1) is 88.9. The van der Waals surface area contributed by atoms with E-state index in [0.29, 0.717) is 11.1 Å². The van der Waals surface area contributed by atoms with Gasteiger partial charge in [0.2, 0.25) is 0 Å². The number of rotatable bonds is 18. The number of carbonyl (C=O) groups excluding carboxylic acids is 11. The van der Waals surface area contributed by atoms with Crippen molar-refractivity contribution < 1.29 is 136 Å². The molecule has 30 heteroatoms. The Bertz CT molecular complexity index is 4860. The lowest BCUT2D eigenvalue weighted by atomic mass is 9.44. The minimum Gasteiger partial charge on any atom is -0.456 e. The molecule has 5 aromatic rings. The molecular formula is C90H104N2O28. The average molecular weight is 1660 g/mol. The summed E-state index contributed by atoms with van der Waals surface area (Å²) >= 11 is 0. The van der Waals surface area contributed by atoms with Gasteiger partial charge in [0.15, 0.2) is 41.1 Å². The van der Waals surface area contributed by atoms with Gasteiger partial charge in [-0.1, -0.05) is 143 Å². The van der Waals surface area contributed by atoms with Crippen molar-refractivity contribution in [2.45, 2.75) is 236 Å². The van der Waals surface area contributed by atoms with E-state index in [-0.39, 0.29) is 65.0 Å². The molecule has 22 atom stereocenters. The number of ketones is 2. The van der Waals surface area contributed by atoms with E-state index in [4.69, 9.17) is 47.4 Å². The van der Waals surface area contributed by atoms with E-state index in [1.54, 1.807) is 176 Å². The highest BCUT2D eigenvalue weighted by molar-refractivity contribution is 5.97. The molecular weight excluding hydrogens is 1560 g/mol. The molecule has 5 aromatic carbocycles. The second-order valence-electron chi connectivity index (χ2n) is 34.9. The van der Waals surface area contributed by atoms with Crippen molar-refractivity contribution in [3.63, 3.8) is 0 Å². The predicted molar refractivity (Wildman–Crippen MR) is 421 cm³/mol. The van der Waals surface area contributed by atoms with Crippen molar-refractivity contribution in [3.05, 3.63) is 202 Å². The van der Waals surface area contributed by atoms with Crippen LogP contribution in [0.5, 0.6) is 0 Å². The van der Waals surface area contributed by atoms with Crippen LogP contribution in [0.3, 0.4) is 0 Å². The van der Waals surface area contributed by atoms with E-state index in [0.717, 1.165) is 20.8 Å². The zero-order valence-electron chi connectivity index (χ0n) is 69.1. The SMILES string of the molecule is CC(=O)O[C@@]12CO[C@@H]1C[C@H](O)[C@@]1(C)C(=O)[C@H](O)C3=C(C)[C@@H](OC(=O)[C@H](O)C(NC(=O)OC(C)(C)C)c4ccccc4)C[C@@](O)([C@@H](OC(=O)c4ccccc4)C12)C3(C)C.CC(=O)O[C@H]1C(=O)[C@@]2(C)C([C@H](OC(=O)c3ccccc3)[C@]3(O)C[C@H](OC(=O)[C@H](O)C(NC(=O)c4ccccc4)c4ccccc4)C(C)=C1C3(C)C)[C@]1(OC(C)=O)CO[C@@H]1C[C@@H]2O. The molecule has 2 aliphatic heterocycles. The van der Waals surface area contributed by atoms with Gasteiger partial charge in [-0.25, -0.2) is 24.0 Å². The van der Waals surface area contributed by atoms with Gasteiger partial charge in [0, 0.05) is 62.8 Å². The average Bonchev–Trinajstić information content (AvgIpc) is 0.672. The van der Waals surface area contributed by atoms with Crippen LogP contribution in [-0.2, 0) is 80.9 Å². The summed E-state index contributed by atoms with van der Waals surface area (Å²) in [6, 6.07) is 37.6. The number of alkyl carbamates (subject to hydrolysis) is 1. The summed E-state index contributed by atoms with van der Waals surface area (Å²) in [4.78, 5) is 152. The van der Waals surface area contributed by atoms with E-state index in [1.807, 2.05) is 0 Å². The summed E-state index contributed by atoms with van der Waals surface area (Å²) in [6.45, 7) is 19.8. The molecule has 4 unspecified atom stereocenters. The Morgan fingerprint density at radius 3 is 1.20 bits per heavy atom. The molecule has 6 fully saturated rings. The van der Waals surface area contributed by atoms with Crippen molar-refractivity contribution in [1.29, 1.82) is 0 Å². The van der Waals surface area contributed by atoms with Gasteiger partial charge in [-0.2, -0.15) is 0 Å². The number of Topliss-reactive ketones (excluding diaryl/α,β-unsaturated/α-hetero) is 2. The molecule has 13 rings (SSSR count). The van der Waals surface area contributed by atoms with E-state index >= 15 is 4.79 Å². The molecule has 4 saturated carbocycles. The van der Waals surface area contributed by atoms with Crippen LogP contribution in [0, 0.1) is 33.5 Å². The molecule has 6 aliphatic carbocycles. The minimum absolute atomic E-state index is 0.00289. The molecule has 2 saturated heterocycles. The molecule has 120 heavy (non-hydrogen) atoms. The number of aliphatic hydroxyl groups excluding tert-OH is 5. The van der Waals surface area contributed by atoms with Gasteiger partial charge in [0.25, 0.3) is 5.91 Å². The molecule has 0 spiro atoms. The first-order valence-electron chi connectivity index (χ1n) is 39.8.